The lowest BCUT2D eigenvalue weighted by atomic mass is 10.2. The van der Waals surface area contributed by atoms with Gasteiger partial charge in [-0.25, -0.2) is 13.1 Å². The maximum absolute atomic E-state index is 12.8. The van der Waals surface area contributed by atoms with Crippen LogP contribution in [0.2, 0.25) is 5.02 Å². The number of carbonyl (C=O) groups excluding carboxylic acids is 1. The van der Waals surface area contributed by atoms with E-state index in [0.717, 1.165) is 0 Å². The molecule has 0 bridgehead atoms. The molecule has 0 saturated carbocycles. The van der Waals surface area contributed by atoms with Gasteiger partial charge in [-0.3, -0.25) is 4.79 Å². The van der Waals surface area contributed by atoms with Crippen molar-refractivity contribution >= 4 is 38.9 Å². The molecule has 1 saturated heterocycles. The molecule has 4 rings (SSSR count). The highest BCUT2D eigenvalue weighted by atomic mass is 35.5. The molecule has 1 aliphatic rings. The standard InChI is InChI=1S/C19H19ClN4O5S2/c1-12-16(31(26,27)21-11-13-4-2-3-5-14(13)20)10-15(30-12)17-22-18(29-23-17)19(25)24-6-8-28-9-7-24/h2-5,10,21H,6-9,11H2,1H3. The summed E-state index contributed by atoms with van der Waals surface area (Å²) >= 11 is 7.31. The number of morpholine rings is 1. The van der Waals surface area contributed by atoms with Crippen LogP contribution >= 0.6 is 22.9 Å². The summed E-state index contributed by atoms with van der Waals surface area (Å²) in [5.74, 6) is -0.342. The predicted molar refractivity (Wildman–Crippen MR) is 115 cm³/mol. The molecule has 1 N–H and O–H groups in total. The van der Waals surface area contributed by atoms with Crippen LogP contribution in [0.5, 0.6) is 0 Å². The molecule has 1 amide bonds. The number of halogens is 1. The van der Waals surface area contributed by atoms with E-state index in [4.69, 9.17) is 20.9 Å². The zero-order valence-corrected chi connectivity index (χ0v) is 18.9. The Kier molecular flexibility index (Phi) is 6.39. The first-order valence-electron chi connectivity index (χ1n) is 9.40. The van der Waals surface area contributed by atoms with Crippen molar-refractivity contribution in [3.05, 3.63) is 51.7 Å². The van der Waals surface area contributed by atoms with Gasteiger partial charge < -0.3 is 14.2 Å². The Morgan fingerprint density at radius 3 is 2.77 bits per heavy atom. The van der Waals surface area contributed by atoms with Crippen molar-refractivity contribution < 1.29 is 22.5 Å². The van der Waals surface area contributed by atoms with Crippen LogP contribution < -0.4 is 4.72 Å². The lowest BCUT2D eigenvalue weighted by molar-refractivity contribution is 0.0272. The van der Waals surface area contributed by atoms with Gasteiger partial charge in [-0.1, -0.05) is 35.0 Å². The van der Waals surface area contributed by atoms with Crippen LogP contribution in [0.1, 0.15) is 21.1 Å². The first kappa shape index (κ1) is 21.9. The highest BCUT2D eigenvalue weighted by molar-refractivity contribution is 7.89. The summed E-state index contributed by atoms with van der Waals surface area (Å²) in [7, 11) is -3.79. The number of nitrogens with zero attached hydrogens (tertiary/aromatic N) is 3. The van der Waals surface area contributed by atoms with Crippen LogP contribution in [-0.4, -0.2) is 55.7 Å². The minimum absolute atomic E-state index is 0.0625. The largest absolute Gasteiger partial charge is 0.378 e. The van der Waals surface area contributed by atoms with Crippen LogP contribution in [0.3, 0.4) is 0 Å². The van der Waals surface area contributed by atoms with E-state index in [1.54, 1.807) is 36.1 Å². The van der Waals surface area contributed by atoms with E-state index in [1.807, 2.05) is 0 Å². The topological polar surface area (TPSA) is 115 Å². The lowest BCUT2D eigenvalue weighted by Crippen LogP contribution is -2.40. The number of ether oxygens (including phenoxy) is 1. The average molecular weight is 483 g/mol. The summed E-state index contributed by atoms with van der Waals surface area (Å²) in [5, 5.41) is 4.34. The van der Waals surface area contributed by atoms with Crippen molar-refractivity contribution in [2.24, 2.45) is 0 Å². The molecule has 1 fully saturated rings. The number of nitrogens with one attached hydrogen (secondary N) is 1. The Balaban J connectivity index is 1.51. The summed E-state index contributed by atoms with van der Waals surface area (Å²) < 4.78 is 38.6. The number of hydrogen-bond donors (Lipinski definition) is 1. The van der Waals surface area contributed by atoms with Crippen LogP contribution in [-0.2, 0) is 21.3 Å². The monoisotopic (exact) mass is 482 g/mol. The molecular weight excluding hydrogens is 464 g/mol. The molecule has 31 heavy (non-hydrogen) atoms. The van der Waals surface area contributed by atoms with Gasteiger partial charge in [0.25, 0.3) is 0 Å². The summed E-state index contributed by atoms with van der Waals surface area (Å²) in [4.78, 5) is 19.4. The summed E-state index contributed by atoms with van der Waals surface area (Å²) in [6.45, 7) is 3.58. The quantitative estimate of drug-likeness (QED) is 0.574. The molecule has 164 valence electrons. The molecule has 0 atom stereocenters. The molecule has 1 aromatic carbocycles. The fraction of sp³-hybridized carbons (Fsp3) is 0.316. The van der Waals surface area contributed by atoms with Crippen molar-refractivity contribution in [3.63, 3.8) is 0 Å². The minimum Gasteiger partial charge on any atom is -0.378 e. The van der Waals surface area contributed by atoms with E-state index >= 15 is 0 Å². The number of amides is 1. The Labute approximate surface area is 188 Å². The SMILES string of the molecule is Cc1sc(-c2noc(C(=O)N3CCOCC3)n2)cc1S(=O)(=O)NCc1ccccc1Cl. The van der Waals surface area contributed by atoms with E-state index in [-0.39, 0.29) is 29.1 Å². The van der Waals surface area contributed by atoms with Gasteiger partial charge in [-0.2, -0.15) is 4.98 Å². The summed E-state index contributed by atoms with van der Waals surface area (Å²) in [6, 6.07) is 8.49. The molecule has 3 heterocycles. The van der Waals surface area contributed by atoms with Crippen molar-refractivity contribution in [2.45, 2.75) is 18.4 Å². The number of aryl methyl sites for hydroxylation is 1. The van der Waals surface area contributed by atoms with Gasteiger partial charge in [0.05, 0.1) is 23.0 Å². The van der Waals surface area contributed by atoms with Gasteiger partial charge in [0.15, 0.2) is 0 Å². The van der Waals surface area contributed by atoms with Crippen molar-refractivity contribution in [1.82, 2.24) is 19.8 Å². The van der Waals surface area contributed by atoms with Crippen molar-refractivity contribution in [2.75, 3.05) is 26.3 Å². The van der Waals surface area contributed by atoms with E-state index in [1.165, 1.54) is 17.4 Å². The summed E-state index contributed by atoms with van der Waals surface area (Å²) in [6.07, 6.45) is 0. The van der Waals surface area contributed by atoms with Crippen LogP contribution in [0.4, 0.5) is 0 Å². The molecule has 1 aliphatic heterocycles. The smallest absolute Gasteiger partial charge is 0.316 e. The van der Waals surface area contributed by atoms with Crippen LogP contribution in [0, 0.1) is 6.92 Å². The van der Waals surface area contributed by atoms with E-state index in [0.29, 0.717) is 46.6 Å². The average Bonchev–Trinajstić information content (AvgIpc) is 3.40. The minimum atomic E-state index is -3.79. The van der Waals surface area contributed by atoms with Crippen LogP contribution in [0.25, 0.3) is 10.7 Å². The predicted octanol–water partition coefficient (Wildman–Crippen LogP) is 2.71. The first-order valence-corrected chi connectivity index (χ1v) is 12.1. The second-order valence-corrected chi connectivity index (χ2v) is 10.2. The normalized spacial score (nSPS) is 14.7. The molecule has 2 aromatic heterocycles. The Morgan fingerprint density at radius 2 is 2.03 bits per heavy atom. The fourth-order valence-corrected chi connectivity index (χ4v) is 5.77. The van der Waals surface area contributed by atoms with Crippen molar-refractivity contribution in [1.29, 1.82) is 0 Å². The number of sulfonamides is 1. The highest BCUT2D eigenvalue weighted by Gasteiger charge is 2.26. The van der Waals surface area contributed by atoms with E-state index in [2.05, 4.69) is 14.9 Å². The molecule has 9 nitrogen and oxygen atoms in total. The van der Waals surface area contributed by atoms with Crippen molar-refractivity contribution in [3.8, 4) is 10.7 Å². The molecule has 0 unspecified atom stereocenters. The maximum atomic E-state index is 12.8. The van der Waals surface area contributed by atoms with Gasteiger partial charge >= 0.3 is 11.8 Å². The van der Waals surface area contributed by atoms with Gasteiger partial charge in [0, 0.05) is 29.5 Å². The third kappa shape index (κ3) is 4.80. The molecular formula is C19H19ClN4O5S2. The van der Waals surface area contributed by atoms with Gasteiger partial charge in [0.2, 0.25) is 15.8 Å². The summed E-state index contributed by atoms with van der Waals surface area (Å²) in [5.41, 5.74) is 0.672. The lowest BCUT2D eigenvalue weighted by Gasteiger charge is -2.25. The first-order chi connectivity index (χ1) is 14.8. The van der Waals surface area contributed by atoms with Gasteiger partial charge in [0.1, 0.15) is 0 Å². The molecule has 12 heteroatoms. The molecule has 3 aromatic rings. The number of hydrogen-bond acceptors (Lipinski definition) is 8. The van der Waals surface area contributed by atoms with E-state index in [9.17, 15) is 13.2 Å². The number of thiophene rings is 1. The number of aromatic nitrogens is 2. The molecule has 0 spiro atoms. The third-order valence-electron chi connectivity index (χ3n) is 4.70. The molecule has 0 aliphatic carbocycles. The maximum Gasteiger partial charge on any atom is 0.316 e. The Morgan fingerprint density at radius 1 is 1.29 bits per heavy atom. The fourth-order valence-electron chi connectivity index (χ4n) is 3.05. The Hall–Kier alpha value is -2.31. The molecule has 0 radical (unpaired) electrons. The van der Waals surface area contributed by atoms with Gasteiger partial charge in [-0.05, 0) is 24.6 Å². The van der Waals surface area contributed by atoms with Gasteiger partial charge in [-0.15, -0.1) is 11.3 Å². The second-order valence-electron chi connectivity index (χ2n) is 6.77. The third-order valence-corrected chi connectivity index (χ3v) is 7.77. The number of rotatable bonds is 6. The zero-order chi connectivity index (χ0) is 22.0. The number of benzene rings is 1. The zero-order valence-electron chi connectivity index (χ0n) is 16.5. The number of carbonyl (C=O) groups is 1. The van der Waals surface area contributed by atoms with E-state index < -0.39 is 10.0 Å². The van der Waals surface area contributed by atoms with Crippen LogP contribution in [0.15, 0.2) is 39.8 Å². The highest BCUT2D eigenvalue weighted by Crippen LogP contribution is 2.32. The second kappa shape index (κ2) is 9.05. The Bertz CT molecular complexity index is 1200.